The standard InChI is InChI=1S/C18H10Cl2F4N2O3S/c19-13-5-9(1-3-15(13)21)12-7-11(2-4-16(12)30(25,27)28)29-17-14(20)6-10(8-26-17)18(22,23)24/h1-8H,(H2,25,27,28). The topological polar surface area (TPSA) is 82.3 Å². The van der Waals surface area contributed by atoms with E-state index in [0.717, 1.165) is 12.1 Å². The smallest absolute Gasteiger partial charge is 0.417 e. The average Bonchev–Trinajstić information content (AvgIpc) is 2.64. The number of primary sulfonamides is 1. The van der Waals surface area contributed by atoms with Crippen LogP contribution in [0.4, 0.5) is 17.6 Å². The molecule has 2 N–H and O–H groups in total. The fraction of sp³-hybridized carbons (Fsp3) is 0.0556. The zero-order valence-corrected chi connectivity index (χ0v) is 16.9. The van der Waals surface area contributed by atoms with E-state index in [-0.39, 0.29) is 32.7 Å². The first kappa shape index (κ1) is 22.3. The molecule has 30 heavy (non-hydrogen) atoms. The third kappa shape index (κ3) is 4.84. The Bertz CT molecular complexity index is 1230. The van der Waals surface area contributed by atoms with Crippen molar-refractivity contribution in [3.05, 3.63) is 70.1 Å². The van der Waals surface area contributed by atoms with E-state index in [9.17, 15) is 26.0 Å². The first-order valence-corrected chi connectivity index (χ1v) is 10.2. The summed E-state index contributed by atoms with van der Waals surface area (Å²) in [5.41, 5.74) is -0.826. The van der Waals surface area contributed by atoms with Gasteiger partial charge in [-0.3, -0.25) is 0 Å². The molecule has 0 radical (unpaired) electrons. The number of nitrogens with two attached hydrogens (primary N) is 1. The van der Waals surface area contributed by atoms with Crippen molar-refractivity contribution < 1.29 is 30.7 Å². The van der Waals surface area contributed by atoms with Crippen molar-refractivity contribution in [1.82, 2.24) is 4.98 Å². The van der Waals surface area contributed by atoms with Crippen LogP contribution in [0.15, 0.2) is 53.6 Å². The van der Waals surface area contributed by atoms with Crippen molar-refractivity contribution in [3.8, 4) is 22.8 Å². The number of ether oxygens (including phenoxy) is 1. The number of sulfonamides is 1. The third-order valence-corrected chi connectivity index (χ3v) is 5.37. The van der Waals surface area contributed by atoms with E-state index in [1.165, 1.54) is 24.3 Å². The molecule has 0 atom stereocenters. The molecule has 1 heterocycles. The van der Waals surface area contributed by atoms with Gasteiger partial charge in [0.15, 0.2) is 0 Å². The lowest BCUT2D eigenvalue weighted by atomic mass is 10.1. The number of alkyl halides is 3. The van der Waals surface area contributed by atoms with Crippen molar-refractivity contribution in [3.63, 3.8) is 0 Å². The van der Waals surface area contributed by atoms with Crippen LogP contribution in [0.2, 0.25) is 10.0 Å². The molecule has 0 saturated carbocycles. The Morgan fingerprint density at radius 3 is 2.27 bits per heavy atom. The Balaban J connectivity index is 2.06. The van der Waals surface area contributed by atoms with Gasteiger partial charge in [-0.15, -0.1) is 0 Å². The fourth-order valence-corrected chi connectivity index (χ4v) is 3.60. The summed E-state index contributed by atoms with van der Waals surface area (Å²) in [5.74, 6) is -1.06. The molecule has 5 nitrogen and oxygen atoms in total. The zero-order valence-electron chi connectivity index (χ0n) is 14.5. The van der Waals surface area contributed by atoms with Gasteiger partial charge in [0.05, 0.1) is 15.5 Å². The zero-order chi connectivity index (χ0) is 22.3. The molecule has 12 heteroatoms. The van der Waals surface area contributed by atoms with Crippen LogP contribution in [0.5, 0.6) is 11.6 Å². The van der Waals surface area contributed by atoms with Crippen molar-refractivity contribution >= 4 is 33.2 Å². The molecule has 0 amide bonds. The Kier molecular flexibility index (Phi) is 5.96. The maximum atomic E-state index is 13.5. The number of rotatable bonds is 4. The molecule has 0 fully saturated rings. The van der Waals surface area contributed by atoms with Gasteiger partial charge in [-0.2, -0.15) is 13.2 Å². The lowest BCUT2D eigenvalue weighted by Gasteiger charge is -2.13. The van der Waals surface area contributed by atoms with Crippen LogP contribution in [0, 0.1) is 5.82 Å². The molecule has 0 spiro atoms. The van der Waals surface area contributed by atoms with E-state index in [2.05, 4.69) is 4.98 Å². The van der Waals surface area contributed by atoms with E-state index >= 15 is 0 Å². The minimum atomic E-state index is -4.64. The van der Waals surface area contributed by atoms with E-state index < -0.39 is 32.6 Å². The molecule has 0 aliphatic carbocycles. The summed E-state index contributed by atoms with van der Waals surface area (Å²) in [6.07, 6.45) is -4.10. The Morgan fingerprint density at radius 2 is 1.70 bits per heavy atom. The molecule has 1 aromatic heterocycles. The second-order valence-corrected chi connectivity index (χ2v) is 8.29. The van der Waals surface area contributed by atoms with Gasteiger partial charge in [0.25, 0.3) is 0 Å². The van der Waals surface area contributed by atoms with Gasteiger partial charge in [-0.25, -0.2) is 22.9 Å². The molecule has 0 bridgehead atoms. The van der Waals surface area contributed by atoms with Crippen LogP contribution in [0.1, 0.15) is 5.56 Å². The SMILES string of the molecule is NS(=O)(=O)c1ccc(Oc2ncc(C(F)(F)F)cc2Cl)cc1-c1ccc(F)c(Cl)c1. The van der Waals surface area contributed by atoms with E-state index in [4.69, 9.17) is 33.1 Å². The molecule has 3 rings (SSSR count). The summed E-state index contributed by atoms with van der Waals surface area (Å²) in [4.78, 5) is 3.25. The number of benzene rings is 2. The minimum absolute atomic E-state index is 0.00740. The summed E-state index contributed by atoms with van der Waals surface area (Å²) in [6, 6.07) is 7.71. The van der Waals surface area contributed by atoms with E-state index in [1.807, 2.05) is 0 Å². The normalized spacial score (nSPS) is 12.1. The van der Waals surface area contributed by atoms with Crippen LogP contribution in [0.25, 0.3) is 11.1 Å². The molecule has 3 aromatic rings. The van der Waals surface area contributed by atoms with Crippen molar-refractivity contribution in [1.29, 1.82) is 0 Å². The van der Waals surface area contributed by atoms with Crippen molar-refractivity contribution in [2.24, 2.45) is 5.14 Å². The Hall–Kier alpha value is -2.40. The van der Waals surface area contributed by atoms with Crippen LogP contribution in [-0.4, -0.2) is 13.4 Å². The summed E-state index contributed by atoms with van der Waals surface area (Å²) in [7, 11) is -4.18. The Labute approximate surface area is 178 Å². The maximum absolute atomic E-state index is 13.5. The van der Waals surface area contributed by atoms with Gasteiger partial charge in [-0.05, 0) is 42.0 Å². The average molecular weight is 481 g/mol. The van der Waals surface area contributed by atoms with E-state index in [1.54, 1.807) is 0 Å². The molecule has 0 aliphatic heterocycles. The molecular weight excluding hydrogens is 471 g/mol. The largest absolute Gasteiger partial charge is 0.438 e. The second-order valence-electron chi connectivity index (χ2n) is 5.94. The highest BCUT2D eigenvalue weighted by Gasteiger charge is 2.32. The highest BCUT2D eigenvalue weighted by Crippen LogP contribution is 2.37. The highest BCUT2D eigenvalue weighted by atomic mass is 35.5. The number of halogens is 6. The van der Waals surface area contributed by atoms with Crippen LogP contribution < -0.4 is 9.88 Å². The van der Waals surface area contributed by atoms with Crippen molar-refractivity contribution in [2.75, 3.05) is 0 Å². The predicted octanol–water partition coefficient (Wildman–Crippen LogP) is 5.65. The monoisotopic (exact) mass is 480 g/mol. The maximum Gasteiger partial charge on any atom is 0.417 e. The van der Waals surface area contributed by atoms with Gasteiger partial charge in [0, 0.05) is 11.8 Å². The molecule has 2 aromatic carbocycles. The summed E-state index contributed by atoms with van der Waals surface area (Å²) in [6.45, 7) is 0. The molecular formula is C18H10Cl2F4N2O3S. The Morgan fingerprint density at radius 1 is 1.00 bits per heavy atom. The third-order valence-electron chi connectivity index (χ3n) is 3.84. The minimum Gasteiger partial charge on any atom is -0.438 e. The van der Waals surface area contributed by atoms with Gasteiger partial charge in [-0.1, -0.05) is 29.3 Å². The molecule has 0 unspecified atom stereocenters. The molecule has 0 saturated heterocycles. The first-order chi connectivity index (χ1) is 13.9. The molecule has 158 valence electrons. The summed E-state index contributed by atoms with van der Waals surface area (Å²) in [5, 5.41) is 4.56. The number of pyridine rings is 1. The number of hydrogen-bond donors (Lipinski definition) is 1. The lowest BCUT2D eigenvalue weighted by Crippen LogP contribution is -2.13. The van der Waals surface area contributed by atoms with E-state index in [0.29, 0.717) is 12.3 Å². The number of hydrogen-bond acceptors (Lipinski definition) is 4. The summed E-state index contributed by atoms with van der Waals surface area (Å²) < 4.78 is 80.9. The quantitative estimate of drug-likeness (QED) is 0.488. The highest BCUT2D eigenvalue weighted by molar-refractivity contribution is 7.89. The second kappa shape index (κ2) is 8.03. The predicted molar refractivity (Wildman–Crippen MR) is 103 cm³/mol. The van der Waals surface area contributed by atoms with Crippen molar-refractivity contribution in [2.45, 2.75) is 11.1 Å². The van der Waals surface area contributed by atoms with Crippen LogP contribution in [0.3, 0.4) is 0 Å². The molecule has 0 aliphatic rings. The van der Waals surface area contributed by atoms with Gasteiger partial charge in [0.1, 0.15) is 16.6 Å². The number of aromatic nitrogens is 1. The first-order valence-electron chi connectivity index (χ1n) is 7.89. The lowest BCUT2D eigenvalue weighted by molar-refractivity contribution is -0.137. The van der Waals surface area contributed by atoms with Crippen LogP contribution >= 0.6 is 23.2 Å². The van der Waals surface area contributed by atoms with Crippen LogP contribution in [-0.2, 0) is 16.2 Å². The van der Waals surface area contributed by atoms with Gasteiger partial charge >= 0.3 is 6.18 Å². The van der Waals surface area contributed by atoms with Gasteiger partial charge < -0.3 is 4.74 Å². The van der Waals surface area contributed by atoms with Gasteiger partial charge in [0.2, 0.25) is 15.9 Å². The fourth-order valence-electron chi connectivity index (χ4n) is 2.48. The summed E-state index contributed by atoms with van der Waals surface area (Å²) >= 11 is 11.6. The number of nitrogens with zero attached hydrogens (tertiary/aromatic N) is 1.